The van der Waals surface area contributed by atoms with E-state index in [0.717, 1.165) is 29.6 Å². The Balaban J connectivity index is 1.28. The zero-order valence-corrected chi connectivity index (χ0v) is 18.7. The second-order valence-electron chi connectivity index (χ2n) is 8.83. The van der Waals surface area contributed by atoms with E-state index in [1.807, 2.05) is 6.07 Å². The minimum atomic E-state index is -4.83. The molecule has 0 bridgehead atoms. The number of nitrogens with one attached hydrogen (secondary N) is 1. The number of ether oxygens (including phenoxy) is 2. The quantitative estimate of drug-likeness (QED) is 0.478. The third-order valence-electron chi connectivity index (χ3n) is 6.55. The molecular weight excluding hydrogens is 465 g/mol. The number of pyridine rings is 1. The highest BCUT2D eigenvalue weighted by atomic mass is 19.4. The van der Waals surface area contributed by atoms with Gasteiger partial charge in [0.2, 0.25) is 0 Å². The molecule has 3 aromatic rings. The number of rotatable bonds is 4. The third-order valence-corrected chi connectivity index (χ3v) is 6.55. The first-order valence-electron chi connectivity index (χ1n) is 11.4. The molecule has 1 aromatic carbocycles. The maximum Gasteiger partial charge on any atom is 0.573 e. The van der Waals surface area contributed by atoms with E-state index in [2.05, 4.69) is 14.7 Å². The molecule has 0 radical (unpaired) electrons. The second kappa shape index (κ2) is 9.00. The fraction of sp³-hybridized carbons (Fsp3) is 0.435. The predicted octanol–water partition coefficient (Wildman–Crippen LogP) is 3.25. The maximum absolute atomic E-state index is 13.0. The fourth-order valence-electron chi connectivity index (χ4n) is 4.80. The molecule has 2 atom stereocenters. The molecule has 0 saturated carbocycles. The molecule has 2 saturated heterocycles. The Labute approximate surface area is 198 Å². The summed E-state index contributed by atoms with van der Waals surface area (Å²) in [5.41, 5.74) is 14.6. The molecule has 0 aliphatic carbocycles. The summed E-state index contributed by atoms with van der Waals surface area (Å²) in [5.74, 6) is 0.0490. The van der Waals surface area contributed by atoms with Crippen molar-refractivity contribution in [2.75, 3.05) is 25.4 Å². The van der Waals surface area contributed by atoms with Crippen LogP contribution in [-0.2, 0) is 4.74 Å². The number of nitrogen functional groups attached to an aromatic ring is 1. The van der Waals surface area contributed by atoms with Crippen LogP contribution in [0, 0.1) is 0 Å². The van der Waals surface area contributed by atoms with Gasteiger partial charge in [-0.1, -0.05) is 0 Å². The summed E-state index contributed by atoms with van der Waals surface area (Å²) in [6.45, 7) is 1.54. The largest absolute Gasteiger partial charge is 0.573 e. The van der Waals surface area contributed by atoms with Crippen LogP contribution in [0.1, 0.15) is 53.0 Å². The van der Waals surface area contributed by atoms with Crippen molar-refractivity contribution < 1.29 is 27.4 Å². The summed E-state index contributed by atoms with van der Waals surface area (Å²) in [6, 6.07) is 5.19. The SMILES string of the molecule is Nc1cc(OC(F)(F)F)ccc1C(=O)N1CCC(c2ccnc3[nH]c([C@@H]4OCC[C@@H]4N)nc23)CC1. The zero-order valence-electron chi connectivity index (χ0n) is 18.7. The number of piperidine rings is 1. The number of halogens is 3. The van der Waals surface area contributed by atoms with E-state index in [1.165, 1.54) is 6.07 Å². The number of nitrogens with zero attached hydrogens (tertiary/aromatic N) is 3. The number of H-pyrrole nitrogens is 1. The van der Waals surface area contributed by atoms with Gasteiger partial charge in [-0.3, -0.25) is 4.79 Å². The highest BCUT2D eigenvalue weighted by Gasteiger charge is 2.33. The number of anilines is 1. The number of aromatic nitrogens is 3. The van der Waals surface area contributed by atoms with Crippen molar-refractivity contribution in [1.29, 1.82) is 0 Å². The summed E-state index contributed by atoms with van der Waals surface area (Å²) in [7, 11) is 0. The minimum absolute atomic E-state index is 0.0638. The van der Waals surface area contributed by atoms with Gasteiger partial charge in [0.1, 0.15) is 23.2 Å². The zero-order chi connectivity index (χ0) is 24.7. The lowest BCUT2D eigenvalue weighted by molar-refractivity contribution is -0.274. The highest BCUT2D eigenvalue weighted by Crippen LogP contribution is 2.35. The number of carbonyl (C=O) groups is 1. The van der Waals surface area contributed by atoms with Crippen molar-refractivity contribution in [2.24, 2.45) is 5.73 Å². The molecular formula is C23H25F3N6O3. The van der Waals surface area contributed by atoms with Crippen LogP contribution in [0.4, 0.5) is 18.9 Å². The first kappa shape index (κ1) is 23.4. The van der Waals surface area contributed by atoms with E-state index in [-0.39, 0.29) is 35.2 Å². The van der Waals surface area contributed by atoms with Crippen molar-refractivity contribution in [2.45, 2.75) is 43.7 Å². The highest BCUT2D eigenvalue weighted by molar-refractivity contribution is 5.99. The van der Waals surface area contributed by atoms with Gasteiger partial charge in [-0.2, -0.15) is 0 Å². The van der Waals surface area contributed by atoms with Crippen LogP contribution >= 0.6 is 0 Å². The van der Waals surface area contributed by atoms with Gasteiger partial charge in [0, 0.05) is 43.7 Å². The predicted molar refractivity (Wildman–Crippen MR) is 121 cm³/mol. The number of imidazole rings is 1. The standard InChI is InChI=1S/C23H25F3N6O3/c24-23(25,26)35-13-1-2-15(17(28)11-13)22(33)32-8-4-12(5-9-32)14-3-7-29-20-18(14)30-21(31-20)19-16(27)6-10-34-19/h1-3,7,11-12,16,19H,4-6,8-10,27-28H2,(H,29,30,31)/t16-,19+/m0/s1. The van der Waals surface area contributed by atoms with E-state index >= 15 is 0 Å². The Kier molecular flexibility index (Phi) is 6.01. The molecule has 2 fully saturated rings. The van der Waals surface area contributed by atoms with Crippen LogP contribution in [0.2, 0.25) is 0 Å². The Bertz CT molecular complexity index is 1240. The number of aromatic amines is 1. The van der Waals surface area contributed by atoms with Gasteiger partial charge in [0.25, 0.3) is 5.91 Å². The summed E-state index contributed by atoms with van der Waals surface area (Å²) in [6.07, 6.45) is -1.21. The summed E-state index contributed by atoms with van der Waals surface area (Å²) < 4.78 is 46.9. The number of benzene rings is 1. The Morgan fingerprint density at radius 2 is 1.97 bits per heavy atom. The second-order valence-corrected chi connectivity index (χ2v) is 8.83. The molecule has 35 heavy (non-hydrogen) atoms. The van der Waals surface area contributed by atoms with E-state index in [9.17, 15) is 18.0 Å². The minimum Gasteiger partial charge on any atom is -0.406 e. The number of hydrogen-bond acceptors (Lipinski definition) is 7. The van der Waals surface area contributed by atoms with Crippen LogP contribution in [0.15, 0.2) is 30.5 Å². The molecule has 186 valence electrons. The van der Waals surface area contributed by atoms with Crippen LogP contribution in [0.3, 0.4) is 0 Å². The number of nitrogens with two attached hydrogens (primary N) is 2. The molecule has 5 rings (SSSR count). The average Bonchev–Trinajstić information content (AvgIpc) is 3.43. The van der Waals surface area contributed by atoms with Crippen LogP contribution in [-0.4, -0.2) is 57.9 Å². The van der Waals surface area contributed by atoms with Crippen molar-refractivity contribution in [3.63, 3.8) is 0 Å². The van der Waals surface area contributed by atoms with Crippen LogP contribution in [0.5, 0.6) is 5.75 Å². The fourth-order valence-corrected chi connectivity index (χ4v) is 4.80. The van der Waals surface area contributed by atoms with E-state index in [4.69, 9.17) is 21.2 Å². The molecule has 12 heteroatoms. The average molecular weight is 490 g/mol. The lowest BCUT2D eigenvalue weighted by atomic mass is 9.89. The number of fused-ring (bicyclic) bond motifs is 1. The topological polar surface area (TPSA) is 132 Å². The Morgan fingerprint density at radius 3 is 2.63 bits per heavy atom. The molecule has 9 nitrogen and oxygen atoms in total. The summed E-state index contributed by atoms with van der Waals surface area (Å²) in [4.78, 5) is 27.0. The molecule has 4 heterocycles. The molecule has 2 aliphatic heterocycles. The molecule has 0 unspecified atom stereocenters. The van der Waals surface area contributed by atoms with Crippen molar-refractivity contribution >= 4 is 22.8 Å². The van der Waals surface area contributed by atoms with Gasteiger partial charge in [-0.15, -0.1) is 13.2 Å². The van der Waals surface area contributed by atoms with Gasteiger partial charge in [-0.25, -0.2) is 9.97 Å². The summed E-state index contributed by atoms with van der Waals surface area (Å²) >= 11 is 0. The monoisotopic (exact) mass is 490 g/mol. The number of amides is 1. The smallest absolute Gasteiger partial charge is 0.406 e. The van der Waals surface area contributed by atoms with Crippen LogP contribution in [0.25, 0.3) is 11.2 Å². The van der Waals surface area contributed by atoms with Gasteiger partial charge in [0.05, 0.1) is 5.56 Å². The van der Waals surface area contributed by atoms with Crippen molar-refractivity contribution in [3.05, 3.63) is 47.4 Å². The Hall–Kier alpha value is -3.38. The molecule has 0 spiro atoms. The number of carbonyl (C=O) groups excluding carboxylic acids is 1. The van der Waals surface area contributed by atoms with Crippen molar-refractivity contribution in [3.8, 4) is 5.75 Å². The third kappa shape index (κ3) is 4.76. The van der Waals surface area contributed by atoms with E-state index < -0.39 is 12.1 Å². The van der Waals surface area contributed by atoms with Gasteiger partial charge in [-0.05, 0) is 48.9 Å². The maximum atomic E-state index is 13.0. The van der Waals surface area contributed by atoms with Gasteiger partial charge < -0.3 is 30.8 Å². The first-order chi connectivity index (χ1) is 16.7. The van der Waals surface area contributed by atoms with Crippen LogP contribution < -0.4 is 16.2 Å². The lowest BCUT2D eigenvalue weighted by Gasteiger charge is -2.32. The molecule has 5 N–H and O–H groups in total. The number of likely N-dealkylation sites (tertiary alicyclic amines) is 1. The van der Waals surface area contributed by atoms with E-state index in [0.29, 0.717) is 44.0 Å². The molecule has 1 amide bonds. The molecule has 2 aromatic heterocycles. The molecule has 2 aliphatic rings. The lowest BCUT2D eigenvalue weighted by Crippen LogP contribution is -2.38. The van der Waals surface area contributed by atoms with Gasteiger partial charge in [0.15, 0.2) is 5.65 Å². The normalized spacial score (nSPS) is 21.5. The number of alkyl halides is 3. The first-order valence-corrected chi connectivity index (χ1v) is 11.4. The summed E-state index contributed by atoms with van der Waals surface area (Å²) in [5, 5.41) is 0. The Morgan fingerprint density at radius 1 is 1.20 bits per heavy atom. The van der Waals surface area contributed by atoms with Gasteiger partial charge >= 0.3 is 6.36 Å². The number of hydrogen-bond donors (Lipinski definition) is 3. The van der Waals surface area contributed by atoms with E-state index in [1.54, 1.807) is 11.1 Å². The van der Waals surface area contributed by atoms with Crippen molar-refractivity contribution in [1.82, 2.24) is 19.9 Å².